The number of hydroxylamine groups is 1. The number of aromatic nitrogens is 4. The Morgan fingerprint density at radius 2 is 1.44 bits per heavy atom. The largest absolute Gasteiger partial charge is 0.479 e. The number of nitrogens with one attached hydrogen (secondary N) is 5. The topological polar surface area (TPSA) is 340 Å². The average Bonchev–Trinajstić information content (AvgIpc) is 3.21. The molecule has 0 radical (unpaired) electrons. The van der Waals surface area contributed by atoms with Crippen LogP contribution in [0.15, 0.2) is 93.4 Å². The summed E-state index contributed by atoms with van der Waals surface area (Å²) in [6.07, 6.45) is 0. The van der Waals surface area contributed by atoms with E-state index in [1.165, 1.54) is 28.8 Å². The summed E-state index contributed by atoms with van der Waals surface area (Å²) >= 11 is 0. The molecular weight excluding hydrogens is 879 g/mol. The maximum atomic E-state index is 14.1. The van der Waals surface area contributed by atoms with E-state index >= 15 is 0 Å². The second-order valence-corrected chi connectivity index (χ2v) is 17.3. The molecule has 7 rings (SSSR count). The molecule has 2 aromatic heterocycles. The van der Waals surface area contributed by atoms with Gasteiger partial charge in [-0.3, -0.25) is 14.1 Å². The highest BCUT2D eigenvalue weighted by atomic mass is 32.2. The Bertz CT molecular complexity index is 3190. The molecule has 4 aromatic carbocycles. The standard InChI is InChI=1S/C36H33N9O14S3/c1-45-27-9-8-24(32-31(27)23(18-30(45)48)21-4-2-3-5-22(21)33(32)49)40-26-16-19(6-11-29(26)60(51,52)53)39-34-42-35(44-36(50)43-34)41-25-17-20(61(54,55)59-37-12-14-46)7-10-28(25)58-62(56,57)38-13-15-47/h2-11,16-18,37-38,40,46-47H,12-15H2,1H3,(H,51,52,53)(H3,39,41,42,43,44,50). The first-order valence-electron chi connectivity index (χ1n) is 17.8. The predicted molar refractivity (Wildman–Crippen MR) is 220 cm³/mol. The van der Waals surface area contributed by atoms with Crippen LogP contribution >= 0.6 is 0 Å². The molecule has 0 atom stereocenters. The van der Waals surface area contributed by atoms with Crippen molar-refractivity contribution in [3.63, 3.8) is 0 Å². The molecule has 26 heteroatoms. The molecule has 324 valence electrons. The fourth-order valence-electron chi connectivity index (χ4n) is 6.33. The SMILES string of the molecule is Cn1c(=O)cc2c3c(c(Nc4cc(Nc5nc(O)nc(Nc6cc(S(=O)(=O)ONCCO)ccc6OS(=O)(=O)NCCO)n5)ccc4S(=O)(=O)O)ccc31)C(=O)c1ccccc1-2. The van der Waals surface area contributed by atoms with E-state index in [2.05, 4.69) is 35.2 Å². The van der Waals surface area contributed by atoms with Crippen LogP contribution in [0.5, 0.6) is 11.8 Å². The fourth-order valence-corrected chi connectivity index (χ4v) is 8.57. The van der Waals surface area contributed by atoms with Gasteiger partial charge in [0.2, 0.25) is 11.9 Å². The molecule has 9 N–H and O–H groups in total. The molecule has 0 saturated heterocycles. The number of hydrogen-bond donors (Lipinski definition) is 9. The molecule has 0 aliphatic heterocycles. The number of fused-ring (bicyclic) bond motifs is 2. The Balaban J connectivity index is 1.25. The first-order chi connectivity index (χ1) is 29.4. The molecule has 1 aliphatic carbocycles. The zero-order valence-corrected chi connectivity index (χ0v) is 34.2. The van der Waals surface area contributed by atoms with Gasteiger partial charge in [0.1, 0.15) is 4.90 Å². The van der Waals surface area contributed by atoms with Gasteiger partial charge >= 0.3 is 26.4 Å². The van der Waals surface area contributed by atoms with Gasteiger partial charge in [0.25, 0.3) is 15.7 Å². The molecule has 0 saturated carbocycles. The van der Waals surface area contributed by atoms with Crippen molar-refractivity contribution in [1.82, 2.24) is 29.7 Å². The molecule has 0 fully saturated rings. The highest BCUT2D eigenvalue weighted by Crippen LogP contribution is 2.43. The number of aliphatic hydroxyl groups is 2. The van der Waals surface area contributed by atoms with Crippen molar-refractivity contribution in [2.45, 2.75) is 9.79 Å². The quantitative estimate of drug-likeness (QED) is 0.0355. The minimum atomic E-state index is -4.92. The summed E-state index contributed by atoms with van der Waals surface area (Å²) < 4.78 is 99.2. The van der Waals surface area contributed by atoms with E-state index in [9.17, 15) is 44.5 Å². The van der Waals surface area contributed by atoms with E-state index in [0.717, 1.165) is 24.3 Å². The number of aromatic hydroxyl groups is 1. The van der Waals surface area contributed by atoms with E-state index in [4.69, 9.17) is 14.4 Å². The first-order valence-corrected chi connectivity index (χ1v) is 22.0. The number of ketones is 1. The summed E-state index contributed by atoms with van der Waals surface area (Å²) in [6, 6.07) is 16.4. The molecule has 23 nitrogen and oxygen atoms in total. The monoisotopic (exact) mass is 911 g/mol. The van der Waals surface area contributed by atoms with Gasteiger partial charge < -0.3 is 40.0 Å². The van der Waals surface area contributed by atoms with Gasteiger partial charge in [0.05, 0.1) is 46.3 Å². The van der Waals surface area contributed by atoms with E-state index in [1.54, 1.807) is 37.4 Å². The number of benzene rings is 4. The number of pyridine rings is 1. The molecule has 1 aliphatic rings. The number of aliphatic hydroxyl groups excluding tert-OH is 2. The van der Waals surface area contributed by atoms with Crippen molar-refractivity contribution in [1.29, 1.82) is 0 Å². The summed E-state index contributed by atoms with van der Waals surface area (Å²) in [5.74, 6) is -1.88. The van der Waals surface area contributed by atoms with Crippen molar-refractivity contribution >= 4 is 81.9 Å². The fraction of sp³-hybridized carbons (Fsp3) is 0.139. The lowest BCUT2D eigenvalue weighted by Crippen LogP contribution is -2.30. The summed E-state index contributed by atoms with van der Waals surface area (Å²) in [7, 11) is -12.6. The average molecular weight is 912 g/mol. The van der Waals surface area contributed by atoms with Crippen molar-refractivity contribution in [2.75, 3.05) is 42.3 Å². The van der Waals surface area contributed by atoms with Gasteiger partial charge in [-0.25, -0.2) is 0 Å². The zero-order valence-electron chi connectivity index (χ0n) is 31.7. The highest BCUT2D eigenvalue weighted by molar-refractivity contribution is 7.86. The minimum Gasteiger partial charge on any atom is -0.479 e. The Hall–Kier alpha value is -6.62. The second kappa shape index (κ2) is 17.0. The Morgan fingerprint density at radius 3 is 2.15 bits per heavy atom. The summed E-state index contributed by atoms with van der Waals surface area (Å²) in [5, 5.41) is 37.2. The van der Waals surface area contributed by atoms with Crippen LogP contribution in [0.1, 0.15) is 15.9 Å². The predicted octanol–water partition coefficient (Wildman–Crippen LogP) is 1.53. The Morgan fingerprint density at radius 1 is 0.726 bits per heavy atom. The smallest absolute Gasteiger partial charge is 0.382 e. The van der Waals surface area contributed by atoms with E-state index in [1.807, 2.05) is 10.2 Å². The number of rotatable bonds is 17. The van der Waals surface area contributed by atoms with Crippen LogP contribution in [0.2, 0.25) is 0 Å². The lowest BCUT2D eigenvalue weighted by molar-refractivity contribution is 0.104. The van der Waals surface area contributed by atoms with Gasteiger partial charge in [0, 0.05) is 42.8 Å². The first kappa shape index (κ1) is 43.5. The van der Waals surface area contributed by atoms with Gasteiger partial charge in [-0.2, -0.15) is 54.7 Å². The number of nitrogens with zero attached hydrogens (tertiary/aromatic N) is 4. The molecule has 2 heterocycles. The van der Waals surface area contributed by atoms with Crippen molar-refractivity contribution in [3.8, 4) is 22.9 Å². The number of hydrogen-bond acceptors (Lipinski definition) is 20. The Labute approximate surface area is 351 Å². The van der Waals surface area contributed by atoms with Crippen LogP contribution in [-0.2, 0) is 41.9 Å². The number of carbonyl (C=O) groups excluding carboxylic acids is 1. The molecule has 0 spiro atoms. The molecule has 0 bridgehead atoms. The van der Waals surface area contributed by atoms with Gasteiger partial charge in [-0.15, -0.1) is 0 Å². The lowest BCUT2D eigenvalue weighted by atomic mass is 9.83. The summed E-state index contributed by atoms with van der Waals surface area (Å²) in [6.45, 7) is -1.75. The highest BCUT2D eigenvalue weighted by Gasteiger charge is 2.30. The van der Waals surface area contributed by atoms with Crippen LogP contribution in [0.3, 0.4) is 0 Å². The van der Waals surface area contributed by atoms with E-state index in [-0.39, 0.29) is 34.7 Å². The van der Waals surface area contributed by atoms with Crippen molar-refractivity contribution in [2.24, 2.45) is 7.05 Å². The molecule has 62 heavy (non-hydrogen) atoms. The Kier molecular flexibility index (Phi) is 11.9. The molecule has 6 aromatic rings. The van der Waals surface area contributed by atoms with Crippen LogP contribution in [-0.4, -0.2) is 96.7 Å². The normalized spacial score (nSPS) is 12.5. The van der Waals surface area contributed by atoms with Crippen LogP contribution < -0.4 is 35.9 Å². The molecular formula is C36H33N9O14S3. The zero-order chi connectivity index (χ0) is 44.6. The van der Waals surface area contributed by atoms with Crippen molar-refractivity contribution < 1.29 is 58.4 Å². The summed E-state index contributed by atoms with van der Waals surface area (Å²) in [4.78, 5) is 37.5. The summed E-state index contributed by atoms with van der Waals surface area (Å²) in [5.41, 5.74) is 3.08. The lowest BCUT2D eigenvalue weighted by Gasteiger charge is -2.24. The van der Waals surface area contributed by atoms with Gasteiger partial charge in [-0.05, 0) is 59.7 Å². The third kappa shape index (κ3) is 9.03. The third-order valence-corrected chi connectivity index (χ3v) is 12.0. The van der Waals surface area contributed by atoms with E-state index in [0.29, 0.717) is 27.6 Å². The van der Waals surface area contributed by atoms with Crippen LogP contribution in [0.25, 0.3) is 22.0 Å². The third-order valence-electron chi connectivity index (χ3n) is 8.97. The van der Waals surface area contributed by atoms with E-state index < -0.39 is 95.2 Å². The molecule has 0 amide bonds. The van der Waals surface area contributed by atoms with Crippen LogP contribution in [0, 0.1) is 0 Å². The van der Waals surface area contributed by atoms with Crippen LogP contribution in [0.4, 0.5) is 34.6 Å². The minimum absolute atomic E-state index is 0.0383. The van der Waals surface area contributed by atoms with Crippen molar-refractivity contribution in [3.05, 3.63) is 100 Å². The number of anilines is 6. The number of aryl methyl sites for hydroxylation is 1. The number of carbonyl (C=O) groups is 1. The van der Waals surface area contributed by atoms with Gasteiger partial charge in [0.15, 0.2) is 11.5 Å². The van der Waals surface area contributed by atoms with Gasteiger partial charge in [-0.1, -0.05) is 24.3 Å². The second-order valence-electron chi connectivity index (χ2n) is 13.0. The maximum Gasteiger partial charge on any atom is 0.382 e. The molecule has 0 unspecified atom stereocenters. The maximum absolute atomic E-state index is 14.1.